The van der Waals surface area contributed by atoms with E-state index in [1.807, 2.05) is 41.1 Å². The third-order valence-electron chi connectivity index (χ3n) is 7.01. The third-order valence-corrected chi connectivity index (χ3v) is 7.01. The van der Waals surface area contributed by atoms with Crippen molar-refractivity contribution < 1.29 is 9.26 Å². The highest BCUT2D eigenvalue weighted by atomic mass is 16.5. The van der Waals surface area contributed by atoms with Gasteiger partial charge in [-0.2, -0.15) is 4.98 Å². The predicted octanol–water partition coefficient (Wildman–Crippen LogP) is 4.54. The summed E-state index contributed by atoms with van der Waals surface area (Å²) in [5.41, 5.74) is 3.23. The van der Waals surface area contributed by atoms with Crippen LogP contribution in [0.4, 0.5) is 0 Å². The Labute approximate surface area is 195 Å². The molecule has 1 aromatic carbocycles. The fraction of sp³-hybridized carbons (Fsp3) is 0.360. The molecule has 0 saturated heterocycles. The minimum atomic E-state index is -0.0555. The first-order chi connectivity index (χ1) is 16.6. The lowest BCUT2D eigenvalue weighted by Crippen LogP contribution is -2.32. The summed E-state index contributed by atoms with van der Waals surface area (Å²) in [4.78, 5) is 26.1. The zero-order valence-electron chi connectivity index (χ0n) is 19.2. The Hall–Kier alpha value is -3.88. The average Bonchev–Trinajstić information content (AvgIpc) is 3.59. The summed E-state index contributed by atoms with van der Waals surface area (Å²) in [6.45, 7) is 2.45. The number of aromatic nitrogens is 6. The minimum Gasteiger partial charge on any atom is -0.497 e. The molecular formula is C25H26N6O3. The molecule has 1 fully saturated rings. The second-order valence-corrected chi connectivity index (χ2v) is 9.04. The van der Waals surface area contributed by atoms with Gasteiger partial charge in [0.1, 0.15) is 11.4 Å². The number of hydrogen-bond donors (Lipinski definition) is 1. The summed E-state index contributed by atoms with van der Waals surface area (Å²) in [6.07, 6.45) is 8.10. The van der Waals surface area contributed by atoms with E-state index >= 15 is 0 Å². The minimum absolute atomic E-state index is 0.0555. The molecule has 0 unspecified atom stereocenters. The topological polar surface area (TPSA) is 104 Å². The van der Waals surface area contributed by atoms with Crippen molar-refractivity contribution in [1.82, 2.24) is 29.2 Å². The summed E-state index contributed by atoms with van der Waals surface area (Å²) in [5.74, 6) is 2.03. The summed E-state index contributed by atoms with van der Waals surface area (Å²) < 4.78 is 14.4. The molecule has 0 radical (unpaired) electrons. The van der Waals surface area contributed by atoms with E-state index in [2.05, 4.69) is 27.0 Å². The van der Waals surface area contributed by atoms with Crippen molar-refractivity contribution in [2.24, 2.45) is 5.92 Å². The van der Waals surface area contributed by atoms with Crippen molar-refractivity contribution in [1.29, 1.82) is 0 Å². The number of imidazole rings is 1. The van der Waals surface area contributed by atoms with Crippen LogP contribution in [0.5, 0.6) is 5.75 Å². The fourth-order valence-corrected chi connectivity index (χ4v) is 5.21. The highest BCUT2D eigenvalue weighted by Crippen LogP contribution is 2.36. The Bertz CT molecular complexity index is 1520. The Morgan fingerprint density at radius 1 is 1.18 bits per heavy atom. The summed E-state index contributed by atoms with van der Waals surface area (Å²) >= 11 is 0. The van der Waals surface area contributed by atoms with E-state index in [-0.39, 0.29) is 18.3 Å². The lowest BCUT2D eigenvalue weighted by Gasteiger charge is -2.29. The maximum absolute atomic E-state index is 13.8. The van der Waals surface area contributed by atoms with Crippen LogP contribution >= 0.6 is 0 Å². The van der Waals surface area contributed by atoms with Gasteiger partial charge in [0.05, 0.1) is 30.9 Å². The number of nitrogens with one attached hydrogen (secondary N) is 1. The molecule has 1 N–H and O–H groups in total. The molecule has 9 nitrogen and oxygen atoms in total. The normalized spacial score (nSPS) is 18.6. The summed E-state index contributed by atoms with van der Waals surface area (Å²) in [5, 5.41) is 5.11. The number of rotatable bonds is 5. The number of hydrogen-bond acceptors (Lipinski definition) is 6. The number of benzene rings is 1. The maximum Gasteiger partial charge on any atom is 0.329 e. The first-order valence-corrected chi connectivity index (χ1v) is 11.7. The monoisotopic (exact) mass is 458 g/mol. The molecule has 0 spiro atoms. The van der Waals surface area contributed by atoms with Crippen molar-refractivity contribution in [3.05, 3.63) is 59.0 Å². The van der Waals surface area contributed by atoms with Gasteiger partial charge in [-0.25, -0.2) is 9.78 Å². The zero-order chi connectivity index (χ0) is 23.2. The van der Waals surface area contributed by atoms with Crippen LogP contribution in [0.15, 0.2) is 52.0 Å². The third kappa shape index (κ3) is 3.30. The van der Waals surface area contributed by atoms with Gasteiger partial charge < -0.3 is 14.2 Å². The standard InChI is InChI=1S/C25H26N6O3/c1-15-5-3-4-6-19(15)31-22-18-11-12-26-23(18)27-13-20(22)30(25(31)32)14-21-28-24(34-29-21)16-7-9-17(33-2)10-8-16/h7-13,15,19H,3-6,14H2,1-2H3,(H,26,27)/t15-,19+/m1/s1. The van der Waals surface area contributed by atoms with E-state index in [1.54, 1.807) is 17.9 Å². The van der Waals surface area contributed by atoms with E-state index in [4.69, 9.17) is 9.26 Å². The second-order valence-electron chi connectivity index (χ2n) is 9.04. The number of aromatic amines is 1. The quantitative estimate of drug-likeness (QED) is 0.415. The number of ether oxygens (including phenoxy) is 1. The summed E-state index contributed by atoms with van der Waals surface area (Å²) in [7, 11) is 1.62. The number of H-pyrrole nitrogens is 1. The molecule has 0 amide bonds. The number of nitrogens with zero attached hydrogens (tertiary/aromatic N) is 5. The molecule has 1 aliphatic carbocycles. The van der Waals surface area contributed by atoms with Crippen LogP contribution in [0.3, 0.4) is 0 Å². The Morgan fingerprint density at radius 3 is 2.79 bits per heavy atom. The van der Waals surface area contributed by atoms with Crippen LogP contribution in [0, 0.1) is 5.92 Å². The van der Waals surface area contributed by atoms with Gasteiger partial charge in [-0.15, -0.1) is 0 Å². The van der Waals surface area contributed by atoms with Gasteiger partial charge in [0.2, 0.25) is 0 Å². The Kier molecular flexibility index (Phi) is 4.97. The number of pyridine rings is 1. The van der Waals surface area contributed by atoms with Crippen LogP contribution in [0.2, 0.25) is 0 Å². The Morgan fingerprint density at radius 2 is 2.00 bits per heavy atom. The molecule has 6 rings (SSSR count). The lowest BCUT2D eigenvalue weighted by molar-refractivity contribution is 0.256. The zero-order valence-corrected chi connectivity index (χ0v) is 19.2. The van der Waals surface area contributed by atoms with Crippen LogP contribution in [0.25, 0.3) is 33.5 Å². The van der Waals surface area contributed by atoms with Gasteiger partial charge in [-0.05, 0) is 49.1 Å². The van der Waals surface area contributed by atoms with Gasteiger partial charge >= 0.3 is 5.69 Å². The average molecular weight is 459 g/mol. The van der Waals surface area contributed by atoms with E-state index < -0.39 is 0 Å². The molecule has 1 aliphatic rings. The van der Waals surface area contributed by atoms with Gasteiger partial charge in [0.25, 0.3) is 5.89 Å². The molecule has 5 aromatic rings. The van der Waals surface area contributed by atoms with Crippen LogP contribution in [-0.4, -0.2) is 36.4 Å². The highest BCUT2D eigenvalue weighted by molar-refractivity contribution is 6.01. The summed E-state index contributed by atoms with van der Waals surface area (Å²) in [6, 6.07) is 9.57. The van der Waals surface area contributed by atoms with Gasteiger partial charge in [-0.1, -0.05) is 24.9 Å². The molecular weight excluding hydrogens is 432 g/mol. The number of methoxy groups -OCH3 is 1. The van der Waals surface area contributed by atoms with Crippen molar-refractivity contribution in [3.63, 3.8) is 0 Å². The molecule has 1 saturated carbocycles. The number of fused-ring (bicyclic) bond motifs is 3. The van der Waals surface area contributed by atoms with Crippen molar-refractivity contribution in [2.45, 2.75) is 45.2 Å². The molecule has 4 heterocycles. The molecule has 9 heteroatoms. The lowest BCUT2D eigenvalue weighted by atomic mass is 9.85. The first-order valence-electron chi connectivity index (χ1n) is 11.7. The van der Waals surface area contributed by atoms with E-state index in [0.29, 0.717) is 17.6 Å². The molecule has 0 aliphatic heterocycles. The van der Waals surface area contributed by atoms with Crippen LogP contribution in [-0.2, 0) is 6.54 Å². The maximum atomic E-state index is 13.8. The smallest absolute Gasteiger partial charge is 0.329 e. The van der Waals surface area contributed by atoms with Crippen molar-refractivity contribution >= 4 is 22.1 Å². The van der Waals surface area contributed by atoms with Gasteiger partial charge in [-0.3, -0.25) is 9.13 Å². The van der Waals surface area contributed by atoms with E-state index in [0.717, 1.165) is 52.6 Å². The highest BCUT2D eigenvalue weighted by Gasteiger charge is 2.29. The van der Waals surface area contributed by atoms with Crippen LogP contribution in [0.1, 0.15) is 44.5 Å². The molecule has 34 heavy (non-hydrogen) atoms. The van der Waals surface area contributed by atoms with Crippen molar-refractivity contribution in [3.8, 4) is 17.2 Å². The SMILES string of the molecule is COc1ccc(-c2nc(Cn3c(=O)n([C@H]4CCCC[C@H]4C)c4c5cc[nH]c5ncc43)no2)cc1. The van der Waals surface area contributed by atoms with Gasteiger partial charge in [0.15, 0.2) is 5.82 Å². The van der Waals surface area contributed by atoms with Gasteiger partial charge in [0, 0.05) is 23.2 Å². The van der Waals surface area contributed by atoms with E-state index in [1.165, 1.54) is 6.42 Å². The van der Waals surface area contributed by atoms with Crippen molar-refractivity contribution in [2.75, 3.05) is 7.11 Å². The largest absolute Gasteiger partial charge is 0.497 e. The van der Waals surface area contributed by atoms with E-state index in [9.17, 15) is 4.79 Å². The molecule has 174 valence electrons. The molecule has 4 aromatic heterocycles. The Balaban J connectivity index is 1.44. The second kappa shape index (κ2) is 8.16. The fourth-order valence-electron chi connectivity index (χ4n) is 5.21. The molecule has 2 atom stereocenters. The molecule has 0 bridgehead atoms. The predicted molar refractivity (Wildman–Crippen MR) is 128 cm³/mol. The van der Waals surface area contributed by atoms with Crippen LogP contribution < -0.4 is 10.4 Å². The first kappa shape index (κ1) is 20.7.